The lowest BCUT2D eigenvalue weighted by Crippen LogP contribution is -2.17. The number of rotatable bonds is 3. The van der Waals surface area contributed by atoms with Crippen LogP contribution < -0.4 is 0 Å². The molecule has 0 bridgehead atoms. The maximum absolute atomic E-state index is 11.3. The molecule has 2 unspecified atom stereocenters. The van der Waals surface area contributed by atoms with E-state index in [-0.39, 0.29) is 16.5 Å². The number of Topliss-reactive ketones (excluding diaryl/α,β-unsaturated/α-hetero) is 1. The molecule has 16 heavy (non-hydrogen) atoms. The summed E-state index contributed by atoms with van der Waals surface area (Å²) in [5, 5.41) is 9.39. The van der Waals surface area contributed by atoms with Gasteiger partial charge in [0.2, 0.25) is 0 Å². The lowest BCUT2D eigenvalue weighted by atomic mass is 9.94. The van der Waals surface area contributed by atoms with Gasteiger partial charge in [-0.2, -0.15) is 5.26 Å². The first-order valence-electron chi connectivity index (χ1n) is 4.81. The number of nitriles is 1. The zero-order chi connectivity index (χ0) is 12.3. The maximum atomic E-state index is 11.3. The molecule has 0 amide bonds. The highest BCUT2D eigenvalue weighted by Crippen LogP contribution is 2.31. The summed E-state index contributed by atoms with van der Waals surface area (Å²) in [4.78, 5) is 11.0. The highest BCUT2D eigenvalue weighted by Gasteiger charge is 2.22. The summed E-state index contributed by atoms with van der Waals surface area (Å²) >= 11 is 9.39. The van der Waals surface area contributed by atoms with Crippen molar-refractivity contribution in [2.75, 3.05) is 0 Å². The van der Waals surface area contributed by atoms with Gasteiger partial charge in [0.25, 0.3) is 0 Å². The number of alkyl halides is 1. The molecule has 0 aliphatic carbocycles. The van der Waals surface area contributed by atoms with Crippen molar-refractivity contribution in [3.8, 4) is 6.07 Å². The third kappa shape index (κ3) is 2.84. The summed E-state index contributed by atoms with van der Waals surface area (Å²) in [6, 6.07) is 7.13. The molecule has 1 rings (SSSR count). The van der Waals surface area contributed by atoms with Gasteiger partial charge in [-0.3, -0.25) is 4.79 Å². The molecule has 0 aliphatic rings. The standard InChI is InChI=1S/C12H11BrClNO/c1-7(12(13)8(2)16)10-5-9(6-15)3-4-11(10)14/h3-5,7,12H,1-2H3. The fourth-order valence-corrected chi connectivity index (χ4v) is 2.05. The van der Waals surface area contributed by atoms with Crippen LogP contribution >= 0.6 is 27.5 Å². The molecule has 4 heteroatoms. The molecule has 0 aliphatic heterocycles. The van der Waals surface area contributed by atoms with Gasteiger partial charge in [-0.15, -0.1) is 0 Å². The van der Waals surface area contributed by atoms with Gasteiger partial charge in [0, 0.05) is 10.9 Å². The summed E-state index contributed by atoms with van der Waals surface area (Å²) in [6.07, 6.45) is 0. The molecule has 0 spiro atoms. The summed E-state index contributed by atoms with van der Waals surface area (Å²) in [7, 11) is 0. The number of benzene rings is 1. The highest BCUT2D eigenvalue weighted by atomic mass is 79.9. The zero-order valence-electron chi connectivity index (χ0n) is 9.00. The fraction of sp³-hybridized carbons (Fsp3) is 0.333. The first-order valence-corrected chi connectivity index (χ1v) is 6.10. The van der Waals surface area contributed by atoms with E-state index in [9.17, 15) is 4.79 Å². The number of carbonyl (C=O) groups is 1. The Morgan fingerprint density at radius 2 is 2.19 bits per heavy atom. The largest absolute Gasteiger partial charge is 0.299 e. The Morgan fingerprint density at radius 3 is 2.69 bits per heavy atom. The van der Waals surface area contributed by atoms with Crippen molar-refractivity contribution < 1.29 is 4.79 Å². The smallest absolute Gasteiger partial charge is 0.144 e. The molecule has 2 atom stereocenters. The third-order valence-electron chi connectivity index (χ3n) is 2.44. The predicted octanol–water partition coefficient (Wildman–Crippen LogP) is 3.67. The molecular formula is C12H11BrClNO. The monoisotopic (exact) mass is 299 g/mol. The van der Waals surface area contributed by atoms with Crippen LogP contribution in [0.3, 0.4) is 0 Å². The van der Waals surface area contributed by atoms with Gasteiger partial charge in [-0.1, -0.05) is 34.5 Å². The molecular weight excluding hydrogens is 289 g/mol. The van der Waals surface area contributed by atoms with Gasteiger partial charge in [0.05, 0.1) is 16.5 Å². The first kappa shape index (κ1) is 13.2. The van der Waals surface area contributed by atoms with Crippen molar-refractivity contribution >= 4 is 33.3 Å². The molecule has 84 valence electrons. The van der Waals surface area contributed by atoms with Crippen LogP contribution in [0, 0.1) is 11.3 Å². The highest BCUT2D eigenvalue weighted by molar-refractivity contribution is 9.10. The van der Waals surface area contributed by atoms with E-state index >= 15 is 0 Å². The Hall–Kier alpha value is -0.850. The van der Waals surface area contributed by atoms with E-state index in [0.717, 1.165) is 5.56 Å². The lowest BCUT2D eigenvalue weighted by molar-refractivity contribution is -0.116. The van der Waals surface area contributed by atoms with Crippen LogP contribution in [0.5, 0.6) is 0 Å². The van der Waals surface area contributed by atoms with E-state index in [2.05, 4.69) is 22.0 Å². The molecule has 0 fully saturated rings. The second-order valence-corrected chi connectivity index (χ2v) is 5.04. The quantitative estimate of drug-likeness (QED) is 0.799. The molecule has 0 N–H and O–H groups in total. The number of hydrogen-bond acceptors (Lipinski definition) is 2. The third-order valence-corrected chi connectivity index (χ3v) is 4.22. The van der Waals surface area contributed by atoms with Gasteiger partial charge >= 0.3 is 0 Å². The average Bonchev–Trinajstić information content (AvgIpc) is 2.27. The Morgan fingerprint density at radius 1 is 1.56 bits per heavy atom. The fourth-order valence-electron chi connectivity index (χ4n) is 1.47. The van der Waals surface area contributed by atoms with Crippen LogP contribution in [0.2, 0.25) is 5.02 Å². The first-order chi connectivity index (χ1) is 7.47. The number of ketones is 1. The summed E-state index contributed by atoms with van der Waals surface area (Å²) in [5.41, 5.74) is 1.37. The van der Waals surface area contributed by atoms with Crippen molar-refractivity contribution in [3.63, 3.8) is 0 Å². The van der Waals surface area contributed by atoms with E-state index < -0.39 is 0 Å². The summed E-state index contributed by atoms with van der Waals surface area (Å²) in [5.74, 6) is -0.00997. The van der Waals surface area contributed by atoms with Gasteiger partial charge in [-0.05, 0) is 30.7 Å². The van der Waals surface area contributed by atoms with Crippen molar-refractivity contribution in [1.82, 2.24) is 0 Å². The Kier molecular flexibility index (Phi) is 4.52. The molecule has 1 aromatic rings. The van der Waals surface area contributed by atoms with Crippen LogP contribution in [-0.2, 0) is 4.79 Å². The minimum Gasteiger partial charge on any atom is -0.299 e. The van der Waals surface area contributed by atoms with Gasteiger partial charge < -0.3 is 0 Å². The van der Waals surface area contributed by atoms with Gasteiger partial charge in [0.1, 0.15) is 5.78 Å². The van der Waals surface area contributed by atoms with E-state index in [1.54, 1.807) is 18.2 Å². The SMILES string of the molecule is CC(=O)C(Br)C(C)c1cc(C#N)ccc1Cl. The second kappa shape index (κ2) is 5.47. The van der Waals surface area contributed by atoms with E-state index in [1.807, 2.05) is 6.92 Å². The predicted molar refractivity (Wildman–Crippen MR) is 68.0 cm³/mol. The van der Waals surface area contributed by atoms with E-state index in [0.29, 0.717) is 10.6 Å². The van der Waals surface area contributed by atoms with Crippen LogP contribution in [-0.4, -0.2) is 10.6 Å². The molecule has 0 saturated carbocycles. The Balaban J connectivity index is 3.12. The Bertz CT molecular complexity index is 453. The Labute approximate surface area is 108 Å². The summed E-state index contributed by atoms with van der Waals surface area (Å²) in [6.45, 7) is 3.43. The minimum atomic E-state index is -0.279. The van der Waals surface area contributed by atoms with Crippen LogP contribution in [0.1, 0.15) is 30.9 Å². The molecule has 0 heterocycles. The summed E-state index contributed by atoms with van der Waals surface area (Å²) < 4.78 is 0. The van der Waals surface area contributed by atoms with Crippen molar-refractivity contribution in [2.24, 2.45) is 0 Å². The lowest BCUT2D eigenvalue weighted by Gasteiger charge is -2.17. The van der Waals surface area contributed by atoms with Crippen LogP contribution in [0.4, 0.5) is 0 Å². The number of carbonyl (C=O) groups excluding carboxylic acids is 1. The molecule has 1 aromatic carbocycles. The second-order valence-electron chi connectivity index (χ2n) is 3.65. The normalized spacial score (nSPS) is 13.9. The number of halogens is 2. The topological polar surface area (TPSA) is 40.9 Å². The van der Waals surface area contributed by atoms with Crippen LogP contribution in [0.25, 0.3) is 0 Å². The van der Waals surface area contributed by atoms with Crippen molar-refractivity contribution in [1.29, 1.82) is 5.26 Å². The zero-order valence-corrected chi connectivity index (χ0v) is 11.3. The maximum Gasteiger partial charge on any atom is 0.144 e. The molecule has 2 nitrogen and oxygen atoms in total. The number of hydrogen-bond donors (Lipinski definition) is 0. The average molecular weight is 301 g/mol. The molecule has 0 radical (unpaired) electrons. The van der Waals surface area contributed by atoms with Crippen molar-refractivity contribution in [2.45, 2.75) is 24.6 Å². The minimum absolute atomic E-state index is 0.0472. The van der Waals surface area contributed by atoms with Gasteiger partial charge in [0.15, 0.2) is 0 Å². The molecule has 0 saturated heterocycles. The van der Waals surface area contributed by atoms with Gasteiger partial charge in [-0.25, -0.2) is 0 Å². The number of nitrogens with zero attached hydrogens (tertiary/aromatic N) is 1. The van der Waals surface area contributed by atoms with Crippen molar-refractivity contribution in [3.05, 3.63) is 34.3 Å². The molecule has 0 aromatic heterocycles. The van der Waals surface area contributed by atoms with E-state index in [4.69, 9.17) is 16.9 Å². The van der Waals surface area contributed by atoms with E-state index in [1.165, 1.54) is 6.92 Å². The van der Waals surface area contributed by atoms with Crippen LogP contribution in [0.15, 0.2) is 18.2 Å².